The average molecular weight is 272 g/mol. The van der Waals surface area contributed by atoms with E-state index in [9.17, 15) is 4.79 Å². The molecule has 1 saturated carbocycles. The zero-order valence-electron chi connectivity index (χ0n) is 11.2. The molecule has 0 heterocycles. The Hall–Kier alpha value is -0.680. The molecule has 0 aliphatic heterocycles. The van der Waals surface area contributed by atoms with Gasteiger partial charge in [0.1, 0.15) is 0 Å². The summed E-state index contributed by atoms with van der Waals surface area (Å²) in [6, 6.07) is 0. The second-order valence-electron chi connectivity index (χ2n) is 4.81. The van der Waals surface area contributed by atoms with E-state index in [0.717, 1.165) is 32.1 Å². The monoisotopic (exact) mass is 272 g/mol. The largest absolute Gasteiger partial charge is 0.392 e. The first-order valence-electron chi connectivity index (χ1n) is 6.79. The van der Waals surface area contributed by atoms with Gasteiger partial charge in [0.2, 0.25) is 5.91 Å². The molecule has 3 N–H and O–H groups in total. The summed E-state index contributed by atoms with van der Waals surface area (Å²) in [7, 11) is 0. The number of carbonyl (C=O) groups is 1. The molecule has 0 atom stereocenters. The fourth-order valence-electron chi connectivity index (χ4n) is 2.43. The highest BCUT2D eigenvalue weighted by Gasteiger charge is 2.41. The maximum absolute atomic E-state index is 12.3. The Labute approximate surface area is 115 Å². The van der Waals surface area contributed by atoms with Crippen molar-refractivity contribution in [2.45, 2.75) is 45.4 Å². The fourth-order valence-corrected chi connectivity index (χ4v) is 2.73. The molecule has 0 saturated heterocycles. The van der Waals surface area contributed by atoms with E-state index in [-0.39, 0.29) is 5.91 Å². The Balaban J connectivity index is 2.43. The molecular formula is C13H24N2O2S. The lowest BCUT2D eigenvalue weighted by Crippen LogP contribution is -2.50. The molecule has 1 amide bonds. The van der Waals surface area contributed by atoms with E-state index >= 15 is 0 Å². The van der Waals surface area contributed by atoms with Gasteiger partial charge in [0.15, 0.2) is 0 Å². The van der Waals surface area contributed by atoms with Crippen molar-refractivity contribution in [1.82, 2.24) is 5.32 Å². The van der Waals surface area contributed by atoms with Crippen molar-refractivity contribution in [2.24, 2.45) is 11.1 Å². The number of nitrogens with two attached hydrogens (primary N) is 1. The van der Waals surface area contributed by atoms with Crippen LogP contribution in [0.3, 0.4) is 0 Å². The third kappa shape index (κ3) is 3.92. The van der Waals surface area contributed by atoms with Crippen LogP contribution in [0.2, 0.25) is 0 Å². The van der Waals surface area contributed by atoms with Gasteiger partial charge in [0, 0.05) is 19.8 Å². The number of thiocarbonyl (C=S) groups is 1. The van der Waals surface area contributed by atoms with Crippen LogP contribution >= 0.6 is 12.2 Å². The van der Waals surface area contributed by atoms with E-state index in [4.69, 9.17) is 22.7 Å². The van der Waals surface area contributed by atoms with Gasteiger partial charge in [0.05, 0.1) is 10.4 Å². The first kappa shape index (κ1) is 15.4. The SMILES string of the molecule is CCOCCCNC(=O)C1(C(N)=S)CCCCC1. The second kappa shape index (κ2) is 7.69. The standard InChI is InChI=1S/C13H24N2O2S/c1-2-17-10-6-9-15-12(16)13(11(14)18)7-4-3-5-8-13/h2-10H2,1H3,(H2,14,18)(H,15,16). The van der Waals surface area contributed by atoms with Crippen LogP contribution in [-0.2, 0) is 9.53 Å². The summed E-state index contributed by atoms with van der Waals surface area (Å²) < 4.78 is 5.23. The third-order valence-electron chi connectivity index (χ3n) is 3.57. The van der Waals surface area contributed by atoms with Crippen molar-refractivity contribution in [3.63, 3.8) is 0 Å². The van der Waals surface area contributed by atoms with Crippen molar-refractivity contribution in [3.8, 4) is 0 Å². The molecule has 1 rings (SSSR count). The van der Waals surface area contributed by atoms with Crippen LogP contribution in [0.4, 0.5) is 0 Å². The molecular weight excluding hydrogens is 248 g/mol. The molecule has 5 heteroatoms. The number of amides is 1. The summed E-state index contributed by atoms with van der Waals surface area (Å²) >= 11 is 5.12. The molecule has 1 aliphatic rings. The summed E-state index contributed by atoms with van der Waals surface area (Å²) in [5.74, 6) is 0.00574. The lowest BCUT2D eigenvalue weighted by Gasteiger charge is -2.34. The van der Waals surface area contributed by atoms with Crippen LogP contribution in [0.15, 0.2) is 0 Å². The van der Waals surface area contributed by atoms with Gasteiger partial charge in [-0.3, -0.25) is 4.79 Å². The van der Waals surface area contributed by atoms with Crippen LogP contribution in [0, 0.1) is 5.41 Å². The van der Waals surface area contributed by atoms with E-state index in [2.05, 4.69) is 5.32 Å². The van der Waals surface area contributed by atoms with E-state index in [1.54, 1.807) is 0 Å². The fraction of sp³-hybridized carbons (Fsp3) is 0.846. The van der Waals surface area contributed by atoms with Gasteiger partial charge in [-0.1, -0.05) is 31.5 Å². The molecule has 4 nitrogen and oxygen atoms in total. The lowest BCUT2D eigenvalue weighted by molar-refractivity contribution is -0.128. The molecule has 1 fully saturated rings. The molecule has 104 valence electrons. The Morgan fingerprint density at radius 3 is 2.61 bits per heavy atom. The highest BCUT2D eigenvalue weighted by molar-refractivity contribution is 7.80. The smallest absolute Gasteiger partial charge is 0.233 e. The van der Waals surface area contributed by atoms with Gasteiger partial charge in [-0.2, -0.15) is 0 Å². The number of hydrogen-bond donors (Lipinski definition) is 2. The molecule has 0 aromatic heterocycles. The zero-order chi connectivity index (χ0) is 13.4. The highest BCUT2D eigenvalue weighted by atomic mass is 32.1. The molecule has 18 heavy (non-hydrogen) atoms. The van der Waals surface area contributed by atoms with Crippen molar-refractivity contribution in [1.29, 1.82) is 0 Å². The minimum Gasteiger partial charge on any atom is -0.392 e. The Morgan fingerprint density at radius 1 is 1.39 bits per heavy atom. The molecule has 0 spiro atoms. The van der Waals surface area contributed by atoms with Crippen molar-refractivity contribution >= 4 is 23.1 Å². The summed E-state index contributed by atoms with van der Waals surface area (Å²) in [6.45, 7) is 3.98. The summed E-state index contributed by atoms with van der Waals surface area (Å²) in [6.07, 6.45) is 5.64. The Kier molecular flexibility index (Phi) is 6.57. The zero-order valence-corrected chi connectivity index (χ0v) is 12.0. The van der Waals surface area contributed by atoms with Crippen molar-refractivity contribution in [3.05, 3.63) is 0 Å². The van der Waals surface area contributed by atoms with E-state index in [1.807, 2.05) is 6.92 Å². The van der Waals surface area contributed by atoms with Gasteiger partial charge in [0.25, 0.3) is 0 Å². The van der Waals surface area contributed by atoms with Crippen LogP contribution in [0.5, 0.6) is 0 Å². The Bertz CT molecular complexity index is 289. The normalized spacial score (nSPS) is 18.3. The predicted molar refractivity (Wildman–Crippen MR) is 76.4 cm³/mol. The van der Waals surface area contributed by atoms with E-state index in [0.29, 0.717) is 24.7 Å². The van der Waals surface area contributed by atoms with Crippen LogP contribution in [0.1, 0.15) is 45.4 Å². The van der Waals surface area contributed by atoms with Gasteiger partial charge in [-0.05, 0) is 26.2 Å². The average Bonchev–Trinajstić information content (AvgIpc) is 2.39. The van der Waals surface area contributed by atoms with Gasteiger partial charge >= 0.3 is 0 Å². The number of carbonyl (C=O) groups excluding carboxylic acids is 1. The van der Waals surface area contributed by atoms with Crippen LogP contribution in [0.25, 0.3) is 0 Å². The first-order valence-corrected chi connectivity index (χ1v) is 7.20. The maximum atomic E-state index is 12.3. The molecule has 0 radical (unpaired) electrons. The van der Waals surface area contributed by atoms with Crippen LogP contribution < -0.4 is 11.1 Å². The number of hydrogen-bond acceptors (Lipinski definition) is 3. The van der Waals surface area contributed by atoms with E-state index in [1.165, 1.54) is 6.42 Å². The molecule has 0 unspecified atom stereocenters. The minimum atomic E-state index is -0.598. The number of ether oxygens (including phenoxy) is 1. The van der Waals surface area contributed by atoms with Gasteiger partial charge in [-0.25, -0.2) is 0 Å². The predicted octanol–water partition coefficient (Wildman–Crippen LogP) is 1.77. The number of rotatable bonds is 7. The molecule has 1 aliphatic carbocycles. The van der Waals surface area contributed by atoms with Crippen molar-refractivity contribution in [2.75, 3.05) is 19.8 Å². The third-order valence-corrected chi connectivity index (χ3v) is 3.96. The van der Waals surface area contributed by atoms with E-state index < -0.39 is 5.41 Å². The van der Waals surface area contributed by atoms with Gasteiger partial charge in [-0.15, -0.1) is 0 Å². The van der Waals surface area contributed by atoms with Gasteiger partial charge < -0.3 is 15.8 Å². The molecule has 0 bridgehead atoms. The minimum absolute atomic E-state index is 0.00574. The quantitative estimate of drug-likeness (QED) is 0.547. The Morgan fingerprint density at radius 2 is 2.06 bits per heavy atom. The molecule has 0 aromatic carbocycles. The number of nitrogens with one attached hydrogen (secondary N) is 1. The second-order valence-corrected chi connectivity index (χ2v) is 5.25. The van der Waals surface area contributed by atoms with Crippen LogP contribution in [-0.4, -0.2) is 30.7 Å². The molecule has 0 aromatic rings. The highest BCUT2D eigenvalue weighted by Crippen LogP contribution is 2.36. The first-order chi connectivity index (χ1) is 8.63. The maximum Gasteiger partial charge on any atom is 0.233 e. The van der Waals surface area contributed by atoms with Crippen molar-refractivity contribution < 1.29 is 9.53 Å². The summed E-state index contributed by atoms with van der Waals surface area (Å²) in [5, 5.41) is 2.95. The summed E-state index contributed by atoms with van der Waals surface area (Å²) in [4.78, 5) is 12.6. The summed E-state index contributed by atoms with van der Waals surface area (Å²) in [5.41, 5.74) is 5.20. The topological polar surface area (TPSA) is 64.3 Å². The lowest BCUT2D eigenvalue weighted by atomic mass is 9.73.